The highest BCUT2D eigenvalue weighted by Gasteiger charge is 2.08. The minimum Gasteiger partial charge on any atom is -0.264 e. The van der Waals surface area contributed by atoms with Crippen molar-refractivity contribution < 1.29 is 0 Å². The molecule has 0 aliphatic heterocycles. The van der Waals surface area contributed by atoms with Gasteiger partial charge in [0.25, 0.3) is 0 Å². The molecule has 2 aromatic heterocycles. The SMILES string of the molecule is Cc1cnn(C)c1-c1ncccn1. The first-order chi connectivity index (χ1) is 6.29. The molecule has 0 N–H and O–H groups in total. The van der Waals surface area contributed by atoms with Crippen molar-refractivity contribution in [3.63, 3.8) is 0 Å². The third-order valence-corrected chi connectivity index (χ3v) is 1.90. The van der Waals surface area contributed by atoms with Crippen LogP contribution in [0.5, 0.6) is 0 Å². The first-order valence-electron chi connectivity index (χ1n) is 4.05. The standard InChI is InChI=1S/C9H10N4/c1-7-6-12-13(2)8(7)9-10-4-3-5-11-9/h3-6H,1-2H3. The van der Waals surface area contributed by atoms with Crippen molar-refractivity contribution in [1.82, 2.24) is 19.7 Å². The van der Waals surface area contributed by atoms with Gasteiger partial charge in [-0.1, -0.05) is 0 Å². The van der Waals surface area contributed by atoms with E-state index in [0.29, 0.717) is 0 Å². The van der Waals surface area contributed by atoms with Crippen LogP contribution in [-0.4, -0.2) is 19.7 Å². The predicted molar refractivity (Wildman–Crippen MR) is 49.0 cm³/mol. The van der Waals surface area contributed by atoms with Crippen LogP contribution in [0.1, 0.15) is 5.56 Å². The average molecular weight is 174 g/mol. The lowest BCUT2D eigenvalue weighted by atomic mass is 10.2. The Bertz CT molecular complexity index is 385. The lowest BCUT2D eigenvalue weighted by molar-refractivity contribution is 0.769. The summed E-state index contributed by atoms with van der Waals surface area (Å²) in [5.41, 5.74) is 2.06. The smallest absolute Gasteiger partial charge is 0.178 e. The topological polar surface area (TPSA) is 43.6 Å². The molecule has 0 fully saturated rings. The fourth-order valence-corrected chi connectivity index (χ4v) is 1.29. The summed E-state index contributed by atoms with van der Waals surface area (Å²) in [6, 6.07) is 1.80. The second kappa shape index (κ2) is 2.97. The summed E-state index contributed by atoms with van der Waals surface area (Å²) in [6.45, 7) is 2.00. The quantitative estimate of drug-likeness (QED) is 0.652. The van der Waals surface area contributed by atoms with Crippen molar-refractivity contribution in [2.75, 3.05) is 0 Å². The van der Waals surface area contributed by atoms with Crippen LogP contribution < -0.4 is 0 Å². The third kappa shape index (κ3) is 1.30. The summed E-state index contributed by atoms with van der Waals surface area (Å²) in [5.74, 6) is 0.722. The normalized spacial score (nSPS) is 10.3. The van der Waals surface area contributed by atoms with Crippen molar-refractivity contribution in [2.45, 2.75) is 6.92 Å². The van der Waals surface area contributed by atoms with E-state index in [4.69, 9.17) is 0 Å². The molecule has 0 aliphatic rings. The van der Waals surface area contributed by atoms with Crippen LogP contribution in [0.4, 0.5) is 0 Å². The number of hydrogen-bond acceptors (Lipinski definition) is 3. The highest BCUT2D eigenvalue weighted by atomic mass is 15.3. The molecular formula is C9H10N4. The Morgan fingerprint density at radius 2 is 1.92 bits per heavy atom. The maximum absolute atomic E-state index is 4.17. The Kier molecular flexibility index (Phi) is 1.81. The molecule has 0 radical (unpaired) electrons. The third-order valence-electron chi connectivity index (χ3n) is 1.90. The molecule has 0 aromatic carbocycles. The van der Waals surface area contributed by atoms with E-state index in [9.17, 15) is 0 Å². The molecule has 2 rings (SSSR count). The summed E-state index contributed by atoms with van der Waals surface area (Å²) in [5, 5.41) is 4.13. The molecular weight excluding hydrogens is 164 g/mol. The lowest BCUT2D eigenvalue weighted by Gasteiger charge is -2.00. The largest absolute Gasteiger partial charge is 0.264 e. The Labute approximate surface area is 76.3 Å². The zero-order chi connectivity index (χ0) is 9.26. The van der Waals surface area contributed by atoms with E-state index in [-0.39, 0.29) is 0 Å². The van der Waals surface area contributed by atoms with Gasteiger partial charge in [0, 0.05) is 19.4 Å². The number of aromatic nitrogens is 4. The molecule has 4 heteroatoms. The number of nitrogens with zero attached hydrogens (tertiary/aromatic N) is 4. The van der Waals surface area contributed by atoms with E-state index in [0.717, 1.165) is 17.1 Å². The van der Waals surface area contributed by atoms with E-state index in [1.807, 2.05) is 20.2 Å². The van der Waals surface area contributed by atoms with Crippen LogP contribution in [0, 0.1) is 6.92 Å². The summed E-state index contributed by atoms with van der Waals surface area (Å²) in [7, 11) is 1.89. The van der Waals surface area contributed by atoms with Gasteiger partial charge in [0.2, 0.25) is 0 Å². The molecule has 13 heavy (non-hydrogen) atoms. The first-order valence-corrected chi connectivity index (χ1v) is 4.05. The number of aryl methyl sites for hydroxylation is 2. The highest BCUT2D eigenvalue weighted by molar-refractivity contribution is 5.53. The molecule has 0 bridgehead atoms. The van der Waals surface area contributed by atoms with Crippen LogP contribution in [-0.2, 0) is 7.05 Å². The minimum absolute atomic E-state index is 0.722. The van der Waals surface area contributed by atoms with Gasteiger partial charge in [-0.05, 0) is 18.6 Å². The molecule has 0 unspecified atom stereocenters. The maximum atomic E-state index is 4.17. The van der Waals surface area contributed by atoms with Gasteiger partial charge in [-0.2, -0.15) is 5.10 Å². The molecule has 0 spiro atoms. The first kappa shape index (κ1) is 7.91. The van der Waals surface area contributed by atoms with Gasteiger partial charge in [0.15, 0.2) is 5.82 Å². The van der Waals surface area contributed by atoms with Crippen molar-refractivity contribution in [2.24, 2.45) is 7.05 Å². The van der Waals surface area contributed by atoms with Crippen molar-refractivity contribution >= 4 is 0 Å². The van der Waals surface area contributed by atoms with Gasteiger partial charge in [-0.15, -0.1) is 0 Å². The Morgan fingerprint density at radius 3 is 2.46 bits per heavy atom. The fourth-order valence-electron chi connectivity index (χ4n) is 1.29. The second-order valence-electron chi connectivity index (χ2n) is 2.87. The minimum atomic E-state index is 0.722. The van der Waals surface area contributed by atoms with Gasteiger partial charge in [0.05, 0.1) is 6.20 Å². The fraction of sp³-hybridized carbons (Fsp3) is 0.222. The van der Waals surface area contributed by atoms with E-state index < -0.39 is 0 Å². The van der Waals surface area contributed by atoms with Crippen LogP contribution in [0.15, 0.2) is 24.7 Å². The Morgan fingerprint density at radius 1 is 1.23 bits per heavy atom. The summed E-state index contributed by atoms with van der Waals surface area (Å²) in [6.07, 6.45) is 5.27. The van der Waals surface area contributed by atoms with Crippen LogP contribution >= 0.6 is 0 Å². The molecule has 0 amide bonds. The Hall–Kier alpha value is -1.71. The monoisotopic (exact) mass is 174 g/mol. The van der Waals surface area contributed by atoms with E-state index in [1.165, 1.54) is 0 Å². The van der Waals surface area contributed by atoms with Crippen molar-refractivity contribution in [1.29, 1.82) is 0 Å². The van der Waals surface area contributed by atoms with Crippen LogP contribution in [0.2, 0.25) is 0 Å². The van der Waals surface area contributed by atoms with E-state index in [2.05, 4.69) is 15.1 Å². The molecule has 2 aromatic rings. The molecule has 0 atom stereocenters. The lowest BCUT2D eigenvalue weighted by Crippen LogP contribution is -1.97. The molecule has 0 saturated carbocycles. The van der Waals surface area contributed by atoms with Crippen LogP contribution in [0.25, 0.3) is 11.5 Å². The molecule has 4 nitrogen and oxygen atoms in total. The average Bonchev–Trinajstić information content (AvgIpc) is 2.48. The van der Waals surface area contributed by atoms with Gasteiger partial charge in [-0.25, -0.2) is 9.97 Å². The molecule has 66 valence electrons. The molecule has 0 saturated heterocycles. The second-order valence-corrected chi connectivity index (χ2v) is 2.87. The van der Waals surface area contributed by atoms with Crippen molar-refractivity contribution in [3.05, 3.63) is 30.2 Å². The highest BCUT2D eigenvalue weighted by Crippen LogP contribution is 2.16. The van der Waals surface area contributed by atoms with E-state index in [1.54, 1.807) is 23.1 Å². The van der Waals surface area contributed by atoms with Gasteiger partial charge in [0.1, 0.15) is 5.69 Å². The maximum Gasteiger partial charge on any atom is 0.178 e. The zero-order valence-corrected chi connectivity index (χ0v) is 7.60. The molecule has 0 aliphatic carbocycles. The van der Waals surface area contributed by atoms with Crippen molar-refractivity contribution in [3.8, 4) is 11.5 Å². The van der Waals surface area contributed by atoms with Gasteiger partial charge < -0.3 is 0 Å². The van der Waals surface area contributed by atoms with Gasteiger partial charge >= 0.3 is 0 Å². The summed E-state index contributed by atoms with van der Waals surface area (Å²) in [4.78, 5) is 8.34. The summed E-state index contributed by atoms with van der Waals surface area (Å²) >= 11 is 0. The molecule has 2 heterocycles. The zero-order valence-electron chi connectivity index (χ0n) is 7.60. The summed E-state index contributed by atoms with van der Waals surface area (Å²) < 4.78 is 1.78. The van der Waals surface area contributed by atoms with Crippen LogP contribution in [0.3, 0.4) is 0 Å². The predicted octanol–water partition coefficient (Wildman–Crippen LogP) is 1.19. The van der Waals surface area contributed by atoms with Gasteiger partial charge in [-0.3, -0.25) is 4.68 Å². The Balaban J connectivity index is 2.59. The van der Waals surface area contributed by atoms with E-state index >= 15 is 0 Å². The number of rotatable bonds is 1. The number of hydrogen-bond donors (Lipinski definition) is 0.